The Bertz CT molecular complexity index is 218. The molecule has 0 aromatic rings. The third-order valence-electron chi connectivity index (χ3n) is 3.76. The highest BCUT2D eigenvalue weighted by atomic mass is 16.2. The summed E-state index contributed by atoms with van der Waals surface area (Å²) in [6, 6.07) is 0.555. The molecule has 1 N–H and O–H groups in total. The van der Waals surface area contributed by atoms with Crippen LogP contribution in [0.15, 0.2) is 0 Å². The SMILES string of the molecule is CC(C)C1CCC(NCC(=O)N(C)C)CC1. The van der Waals surface area contributed by atoms with Gasteiger partial charge in [-0.3, -0.25) is 4.79 Å². The second kappa shape index (κ2) is 6.24. The molecule has 0 saturated heterocycles. The van der Waals surface area contributed by atoms with Gasteiger partial charge in [0.15, 0.2) is 0 Å². The van der Waals surface area contributed by atoms with Crippen molar-refractivity contribution in [3.05, 3.63) is 0 Å². The van der Waals surface area contributed by atoms with E-state index >= 15 is 0 Å². The molecule has 0 aromatic carbocycles. The molecule has 1 rings (SSSR count). The first kappa shape index (κ1) is 13.5. The Labute approximate surface area is 99.6 Å². The van der Waals surface area contributed by atoms with Gasteiger partial charge in [-0.05, 0) is 37.5 Å². The molecule has 16 heavy (non-hydrogen) atoms. The monoisotopic (exact) mass is 226 g/mol. The van der Waals surface area contributed by atoms with Crippen LogP contribution in [-0.4, -0.2) is 37.5 Å². The standard InChI is InChI=1S/C13H26N2O/c1-10(2)11-5-7-12(8-6-11)14-9-13(16)15(3)4/h10-12,14H,5-9H2,1-4H3. The number of hydrogen-bond acceptors (Lipinski definition) is 2. The van der Waals surface area contributed by atoms with Crippen molar-refractivity contribution in [1.82, 2.24) is 10.2 Å². The second-order valence-corrected chi connectivity index (χ2v) is 5.52. The predicted octanol–water partition coefficient (Wildman–Crippen LogP) is 1.88. The molecule has 0 aromatic heterocycles. The van der Waals surface area contributed by atoms with Crippen molar-refractivity contribution >= 4 is 5.91 Å². The molecule has 1 fully saturated rings. The maximum atomic E-state index is 11.4. The van der Waals surface area contributed by atoms with Crippen molar-refractivity contribution in [3.8, 4) is 0 Å². The average molecular weight is 226 g/mol. The van der Waals surface area contributed by atoms with E-state index in [-0.39, 0.29) is 5.91 Å². The van der Waals surface area contributed by atoms with Crippen LogP contribution in [0.3, 0.4) is 0 Å². The van der Waals surface area contributed by atoms with Crippen molar-refractivity contribution in [2.24, 2.45) is 11.8 Å². The van der Waals surface area contributed by atoms with E-state index < -0.39 is 0 Å². The van der Waals surface area contributed by atoms with E-state index in [2.05, 4.69) is 19.2 Å². The van der Waals surface area contributed by atoms with E-state index in [0.717, 1.165) is 11.8 Å². The molecule has 1 aliphatic carbocycles. The van der Waals surface area contributed by atoms with Gasteiger partial charge >= 0.3 is 0 Å². The number of nitrogens with one attached hydrogen (secondary N) is 1. The number of nitrogens with zero attached hydrogens (tertiary/aromatic N) is 1. The molecule has 1 aliphatic rings. The Hall–Kier alpha value is -0.570. The fourth-order valence-electron chi connectivity index (χ4n) is 2.38. The second-order valence-electron chi connectivity index (χ2n) is 5.52. The summed E-state index contributed by atoms with van der Waals surface area (Å²) >= 11 is 0. The topological polar surface area (TPSA) is 32.3 Å². The van der Waals surface area contributed by atoms with Gasteiger partial charge in [0.2, 0.25) is 5.91 Å². The number of amides is 1. The normalized spacial score (nSPS) is 25.8. The third kappa shape index (κ3) is 4.12. The summed E-state index contributed by atoms with van der Waals surface area (Å²) in [6.45, 7) is 5.12. The fourth-order valence-corrected chi connectivity index (χ4v) is 2.38. The Morgan fingerprint density at radius 3 is 2.25 bits per heavy atom. The summed E-state index contributed by atoms with van der Waals surface area (Å²) in [6.07, 6.45) is 5.07. The molecule has 1 amide bonds. The smallest absolute Gasteiger partial charge is 0.236 e. The van der Waals surface area contributed by atoms with E-state index in [1.807, 2.05) is 0 Å². The zero-order valence-electron chi connectivity index (χ0n) is 11.1. The van der Waals surface area contributed by atoms with Crippen molar-refractivity contribution in [3.63, 3.8) is 0 Å². The van der Waals surface area contributed by atoms with Crippen LogP contribution in [0.4, 0.5) is 0 Å². The lowest BCUT2D eigenvalue weighted by Gasteiger charge is -2.31. The van der Waals surface area contributed by atoms with Crippen LogP contribution in [0.5, 0.6) is 0 Å². The Balaban J connectivity index is 2.20. The van der Waals surface area contributed by atoms with Gasteiger partial charge in [0.1, 0.15) is 0 Å². The highest BCUT2D eigenvalue weighted by Gasteiger charge is 2.23. The first-order chi connectivity index (χ1) is 7.50. The van der Waals surface area contributed by atoms with Gasteiger partial charge in [-0.1, -0.05) is 13.8 Å². The first-order valence-electron chi connectivity index (χ1n) is 6.44. The van der Waals surface area contributed by atoms with Gasteiger partial charge < -0.3 is 10.2 Å². The molecule has 3 nitrogen and oxygen atoms in total. The van der Waals surface area contributed by atoms with E-state index in [9.17, 15) is 4.79 Å². The van der Waals surface area contributed by atoms with Crippen molar-refractivity contribution in [1.29, 1.82) is 0 Å². The van der Waals surface area contributed by atoms with Crippen LogP contribution < -0.4 is 5.32 Å². The van der Waals surface area contributed by atoms with Crippen molar-refractivity contribution in [2.75, 3.05) is 20.6 Å². The summed E-state index contributed by atoms with van der Waals surface area (Å²) in [7, 11) is 3.61. The number of likely N-dealkylation sites (N-methyl/N-ethyl adjacent to an activating group) is 1. The van der Waals surface area contributed by atoms with E-state index in [0.29, 0.717) is 12.6 Å². The molecule has 1 saturated carbocycles. The minimum absolute atomic E-state index is 0.172. The molecule has 0 spiro atoms. The summed E-state index contributed by atoms with van der Waals surface area (Å²) in [5, 5.41) is 3.37. The largest absolute Gasteiger partial charge is 0.348 e. The molecule has 0 atom stereocenters. The number of carbonyl (C=O) groups is 1. The highest BCUT2D eigenvalue weighted by molar-refractivity contribution is 5.77. The maximum absolute atomic E-state index is 11.4. The molecule has 0 heterocycles. The highest BCUT2D eigenvalue weighted by Crippen LogP contribution is 2.29. The Morgan fingerprint density at radius 2 is 1.81 bits per heavy atom. The van der Waals surface area contributed by atoms with Gasteiger partial charge in [0, 0.05) is 20.1 Å². The minimum atomic E-state index is 0.172. The lowest BCUT2D eigenvalue weighted by atomic mass is 9.80. The van der Waals surface area contributed by atoms with Crippen LogP contribution in [0, 0.1) is 11.8 Å². The zero-order valence-corrected chi connectivity index (χ0v) is 11.1. The Kier molecular flexibility index (Phi) is 5.26. The average Bonchev–Trinajstić information content (AvgIpc) is 2.26. The molecule has 0 radical (unpaired) electrons. The third-order valence-corrected chi connectivity index (χ3v) is 3.76. The number of rotatable bonds is 4. The van der Waals surface area contributed by atoms with Gasteiger partial charge in [0.25, 0.3) is 0 Å². The van der Waals surface area contributed by atoms with Gasteiger partial charge in [0.05, 0.1) is 6.54 Å². The maximum Gasteiger partial charge on any atom is 0.236 e. The van der Waals surface area contributed by atoms with Gasteiger partial charge in [-0.25, -0.2) is 0 Å². The van der Waals surface area contributed by atoms with Gasteiger partial charge in [-0.15, -0.1) is 0 Å². The molecule has 3 heteroatoms. The Morgan fingerprint density at radius 1 is 1.25 bits per heavy atom. The summed E-state index contributed by atoms with van der Waals surface area (Å²) in [5.41, 5.74) is 0. The molecule has 94 valence electrons. The molecule has 0 bridgehead atoms. The molecular weight excluding hydrogens is 200 g/mol. The lowest BCUT2D eigenvalue weighted by molar-refractivity contribution is -0.127. The lowest BCUT2D eigenvalue weighted by Crippen LogP contribution is -2.40. The molecule has 0 aliphatic heterocycles. The van der Waals surface area contributed by atoms with Crippen molar-refractivity contribution < 1.29 is 4.79 Å². The molecular formula is C13H26N2O. The quantitative estimate of drug-likeness (QED) is 0.794. The summed E-state index contributed by atoms with van der Waals surface area (Å²) in [4.78, 5) is 13.1. The zero-order chi connectivity index (χ0) is 12.1. The molecule has 0 unspecified atom stereocenters. The first-order valence-corrected chi connectivity index (χ1v) is 6.44. The van der Waals surface area contributed by atoms with Crippen LogP contribution in [0.25, 0.3) is 0 Å². The minimum Gasteiger partial charge on any atom is -0.348 e. The number of hydrogen-bond donors (Lipinski definition) is 1. The fraction of sp³-hybridized carbons (Fsp3) is 0.923. The van der Waals surface area contributed by atoms with E-state index in [1.165, 1.54) is 25.7 Å². The van der Waals surface area contributed by atoms with E-state index in [1.54, 1.807) is 19.0 Å². The van der Waals surface area contributed by atoms with Crippen molar-refractivity contribution in [2.45, 2.75) is 45.6 Å². The summed E-state index contributed by atoms with van der Waals surface area (Å²) in [5.74, 6) is 1.87. The van der Waals surface area contributed by atoms with Crippen LogP contribution in [0.1, 0.15) is 39.5 Å². The summed E-state index contributed by atoms with van der Waals surface area (Å²) < 4.78 is 0. The van der Waals surface area contributed by atoms with E-state index in [4.69, 9.17) is 0 Å². The van der Waals surface area contributed by atoms with Gasteiger partial charge in [-0.2, -0.15) is 0 Å². The van der Waals surface area contributed by atoms with Crippen LogP contribution >= 0.6 is 0 Å². The van der Waals surface area contributed by atoms with Crippen LogP contribution in [-0.2, 0) is 4.79 Å². The predicted molar refractivity (Wildman–Crippen MR) is 67.3 cm³/mol. The van der Waals surface area contributed by atoms with Crippen LogP contribution in [0.2, 0.25) is 0 Å². The number of carbonyl (C=O) groups excluding carboxylic acids is 1.